The molecule has 4 rings (SSSR count). The minimum Gasteiger partial charge on any atom is -0.372 e. The van der Waals surface area contributed by atoms with Crippen LogP contribution in [0.2, 0.25) is 0 Å². The Labute approximate surface area is 162 Å². The molecule has 2 aromatic carbocycles. The van der Waals surface area contributed by atoms with Crippen molar-refractivity contribution in [3.05, 3.63) is 71.4 Å². The minimum atomic E-state index is 0.0360. The number of nitrogens with zero attached hydrogens (tertiary/aromatic N) is 1. The first-order valence-electron chi connectivity index (χ1n) is 10.1. The SMILES string of the molecule is CCC(CCC1OCCc2c1[nH]c1ccccc21)(c1ccccc1)N(C)C. The Morgan fingerprint density at radius 2 is 1.81 bits per heavy atom. The molecular weight excluding hydrogens is 332 g/mol. The highest BCUT2D eigenvalue weighted by Crippen LogP contribution is 2.40. The number of ether oxygens (including phenoxy) is 1. The molecule has 2 atom stereocenters. The largest absolute Gasteiger partial charge is 0.372 e. The number of hydrogen-bond acceptors (Lipinski definition) is 2. The van der Waals surface area contributed by atoms with Crippen LogP contribution in [0.5, 0.6) is 0 Å². The van der Waals surface area contributed by atoms with E-state index in [2.05, 4.69) is 85.5 Å². The zero-order chi connectivity index (χ0) is 18.9. The summed E-state index contributed by atoms with van der Waals surface area (Å²) < 4.78 is 6.24. The van der Waals surface area contributed by atoms with Crippen LogP contribution in [0.4, 0.5) is 0 Å². The lowest BCUT2D eigenvalue weighted by Crippen LogP contribution is -2.41. The van der Waals surface area contributed by atoms with E-state index in [9.17, 15) is 0 Å². The average molecular weight is 363 g/mol. The molecule has 2 unspecified atom stereocenters. The Kier molecular flexibility index (Phi) is 5.07. The molecule has 2 heterocycles. The van der Waals surface area contributed by atoms with Crippen LogP contribution in [-0.4, -0.2) is 30.6 Å². The molecule has 1 aliphatic heterocycles. The molecule has 27 heavy (non-hydrogen) atoms. The molecule has 3 aromatic rings. The summed E-state index contributed by atoms with van der Waals surface area (Å²) in [5.74, 6) is 0. The summed E-state index contributed by atoms with van der Waals surface area (Å²) in [6, 6.07) is 19.6. The molecule has 3 nitrogen and oxygen atoms in total. The molecule has 1 aliphatic rings. The van der Waals surface area contributed by atoms with Crippen LogP contribution in [0.1, 0.15) is 49.1 Å². The Morgan fingerprint density at radius 3 is 2.56 bits per heavy atom. The molecule has 0 spiro atoms. The van der Waals surface area contributed by atoms with E-state index in [1.54, 1.807) is 0 Å². The van der Waals surface area contributed by atoms with E-state index < -0.39 is 0 Å². The van der Waals surface area contributed by atoms with Gasteiger partial charge in [0.1, 0.15) is 0 Å². The van der Waals surface area contributed by atoms with Gasteiger partial charge in [0.05, 0.1) is 12.7 Å². The molecule has 0 radical (unpaired) electrons. The van der Waals surface area contributed by atoms with Gasteiger partial charge < -0.3 is 9.72 Å². The van der Waals surface area contributed by atoms with Crippen molar-refractivity contribution in [1.29, 1.82) is 0 Å². The summed E-state index contributed by atoms with van der Waals surface area (Å²) in [7, 11) is 4.40. The summed E-state index contributed by atoms with van der Waals surface area (Å²) >= 11 is 0. The highest BCUT2D eigenvalue weighted by molar-refractivity contribution is 5.85. The average Bonchev–Trinajstić information content (AvgIpc) is 3.09. The molecule has 0 aliphatic carbocycles. The number of H-pyrrole nitrogens is 1. The van der Waals surface area contributed by atoms with Gasteiger partial charge in [-0.25, -0.2) is 0 Å². The number of aromatic nitrogens is 1. The highest BCUT2D eigenvalue weighted by Gasteiger charge is 2.35. The van der Waals surface area contributed by atoms with Gasteiger partial charge in [0.25, 0.3) is 0 Å². The smallest absolute Gasteiger partial charge is 0.0976 e. The number of para-hydroxylation sites is 1. The van der Waals surface area contributed by atoms with Gasteiger partial charge in [-0.05, 0) is 57.0 Å². The van der Waals surface area contributed by atoms with Gasteiger partial charge in [-0.2, -0.15) is 0 Å². The third kappa shape index (κ3) is 3.19. The molecule has 1 aromatic heterocycles. The standard InChI is InChI=1S/C24H30N2O/c1-4-24(26(2)3,18-10-6-5-7-11-18)16-14-22-23-20(15-17-27-22)19-12-8-9-13-21(19)25-23/h5-13,22,25H,4,14-17H2,1-3H3. The number of benzene rings is 2. The van der Waals surface area contributed by atoms with Gasteiger partial charge in [-0.1, -0.05) is 55.5 Å². The summed E-state index contributed by atoms with van der Waals surface area (Å²) in [4.78, 5) is 6.04. The third-order valence-corrected chi connectivity index (χ3v) is 6.41. The van der Waals surface area contributed by atoms with E-state index in [0.29, 0.717) is 0 Å². The molecule has 0 saturated heterocycles. The summed E-state index contributed by atoms with van der Waals surface area (Å²) in [6.07, 6.45) is 4.31. The molecule has 0 fully saturated rings. The number of hydrogen-bond donors (Lipinski definition) is 1. The number of rotatable bonds is 6. The van der Waals surface area contributed by atoms with Crippen molar-refractivity contribution in [2.45, 2.75) is 44.2 Å². The number of aromatic amines is 1. The quantitative estimate of drug-likeness (QED) is 0.633. The van der Waals surface area contributed by atoms with Crippen LogP contribution >= 0.6 is 0 Å². The van der Waals surface area contributed by atoms with Crippen molar-refractivity contribution < 1.29 is 4.74 Å². The minimum absolute atomic E-state index is 0.0360. The van der Waals surface area contributed by atoms with Crippen molar-refractivity contribution >= 4 is 10.9 Å². The van der Waals surface area contributed by atoms with E-state index in [-0.39, 0.29) is 11.6 Å². The zero-order valence-electron chi connectivity index (χ0n) is 16.7. The second kappa shape index (κ2) is 7.49. The highest BCUT2D eigenvalue weighted by atomic mass is 16.5. The fourth-order valence-corrected chi connectivity index (χ4v) is 4.82. The second-order valence-corrected chi connectivity index (χ2v) is 7.86. The maximum atomic E-state index is 6.24. The van der Waals surface area contributed by atoms with Crippen LogP contribution < -0.4 is 0 Å². The van der Waals surface area contributed by atoms with E-state index in [1.165, 1.54) is 27.7 Å². The van der Waals surface area contributed by atoms with Gasteiger partial charge in [0, 0.05) is 22.1 Å². The predicted octanol–water partition coefficient (Wildman–Crippen LogP) is 5.43. The van der Waals surface area contributed by atoms with Crippen molar-refractivity contribution in [3.63, 3.8) is 0 Å². The van der Waals surface area contributed by atoms with Crippen LogP contribution in [0.25, 0.3) is 10.9 Å². The first kappa shape index (κ1) is 18.3. The van der Waals surface area contributed by atoms with Crippen molar-refractivity contribution in [2.75, 3.05) is 20.7 Å². The van der Waals surface area contributed by atoms with Crippen LogP contribution in [-0.2, 0) is 16.7 Å². The lowest BCUT2D eigenvalue weighted by Gasteiger charge is -2.41. The van der Waals surface area contributed by atoms with Gasteiger partial charge in [0.2, 0.25) is 0 Å². The summed E-state index contributed by atoms with van der Waals surface area (Å²) in [6.45, 7) is 3.11. The Bertz CT molecular complexity index is 899. The Balaban J connectivity index is 1.63. The van der Waals surface area contributed by atoms with E-state index in [0.717, 1.165) is 32.3 Å². The first-order valence-corrected chi connectivity index (χ1v) is 10.1. The first-order chi connectivity index (χ1) is 13.2. The molecule has 0 saturated carbocycles. The number of nitrogens with one attached hydrogen (secondary N) is 1. The van der Waals surface area contributed by atoms with E-state index >= 15 is 0 Å². The van der Waals surface area contributed by atoms with Crippen LogP contribution in [0, 0.1) is 0 Å². The topological polar surface area (TPSA) is 28.3 Å². The monoisotopic (exact) mass is 362 g/mol. The predicted molar refractivity (Wildman–Crippen MR) is 112 cm³/mol. The second-order valence-electron chi connectivity index (χ2n) is 7.86. The maximum Gasteiger partial charge on any atom is 0.0976 e. The van der Waals surface area contributed by atoms with E-state index in [4.69, 9.17) is 4.74 Å². The zero-order valence-corrected chi connectivity index (χ0v) is 16.7. The van der Waals surface area contributed by atoms with Gasteiger partial charge in [0.15, 0.2) is 0 Å². The van der Waals surface area contributed by atoms with Gasteiger partial charge in [-0.15, -0.1) is 0 Å². The molecule has 142 valence electrons. The molecule has 0 bridgehead atoms. The lowest BCUT2D eigenvalue weighted by atomic mass is 9.80. The van der Waals surface area contributed by atoms with Crippen LogP contribution in [0.15, 0.2) is 54.6 Å². The number of fused-ring (bicyclic) bond motifs is 3. The van der Waals surface area contributed by atoms with Crippen molar-refractivity contribution in [2.24, 2.45) is 0 Å². The van der Waals surface area contributed by atoms with Crippen molar-refractivity contribution in [3.8, 4) is 0 Å². The lowest BCUT2D eigenvalue weighted by molar-refractivity contribution is 0.0167. The summed E-state index contributed by atoms with van der Waals surface area (Å²) in [5, 5.41) is 1.36. The normalized spacial score (nSPS) is 19.2. The molecule has 1 N–H and O–H groups in total. The molecular formula is C24H30N2O. The van der Waals surface area contributed by atoms with Crippen LogP contribution in [0.3, 0.4) is 0 Å². The Hall–Kier alpha value is -2.10. The fourth-order valence-electron chi connectivity index (χ4n) is 4.82. The summed E-state index contributed by atoms with van der Waals surface area (Å²) in [5.41, 5.74) is 5.40. The maximum absolute atomic E-state index is 6.24. The third-order valence-electron chi connectivity index (χ3n) is 6.41. The van der Waals surface area contributed by atoms with Gasteiger partial charge in [-0.3, -0.25) is 4.90 Å². The molecule has 0 amide bonds. The van der Waals surface area contributed by atoms with Gasteiger partial charge >= 0.3 is 0 Å². The molecule has 3 heteroatoms. The fraction of sp³-hybridized carbons (Fsp3) is 0.417. The van der Waals surface area contributed by atoms with Crippen molar-refractivity contribution in [1.82, 2.24) is 9.88 Å². The Morgan fingerprint density at radius 1 is 1.07 bits per heavy atom. The van der Waals surface area contributed by atoms with E-state index in [1.807, 2.05) is 0 Å².